The lowest BCUT2D eigenvalue weighted by Crippen LogP contribution is -2.58. The Labute approximate surface area is 228 Å². The summed E-state index contributed by atoms with van der Waals surface area (Å²) in [5.41, 5.74) is 3.90. The van der Waals surface area contributed by atoms with Crippen LogP contribution in [0.3, 0.4) is 0 Å². The highest BCUT2D eigenvalue weighted by Gasteiger charge is 2.49. The smallest absolute Gasteiger partial charge is 0.309 e. The van der Waals surface area contributed by atoms with Gasteiger partial charge in [0.15, 0.2) is 5.13 Å². The van der Waals surface area contributed by atoms with Crippen LogP contribution >= 0.6 is 11.3 Å². The summed E-state index contributed by atoms with van der Waals surface area (Å²) >= 11 is 1.78. The number of aromatic nitrogens is 3. The first kappa shape index (κ1) is 25.5. The molecule has 3 fully saturated rings. The summed E-state index contributed by atoms with van der Waals surface area (Å²) in [6, 6.07) is 4.71. The highest BCUT2D eigenvalue weighted by atomic mass is 32.1. The van der Waals surface area contributed by atoms with Crippen molar-refractivity contribution in [3.8, 4) is 0 Å². The van der Waals surface area contributed by atoms with E-state index in [9.17, 15) is 9.90 Å². The molecule has 3 aromatic rings. The minimum atomic E-state index is -0.640. The van der Waals surface area contributed by atoms with E-state index in [0.29, 0.717) is 17.9 Å². The molecular formula is C29H38N6O2S. The SMILES string of the molecule is Cc1cnc([C@@H](C)Nc2c(C)ccc3nc(N4CC([C@H]5CCCN(C6CC(C)(C(=O)O)C6)C5)C4)sc23)nc1. The lowest BCUT2D eigenvalue weighted by atomic mass is 9.65. The number of carboxylic acid groups (broad SMARTS) is 1. The molecule has 3 aliphatic rings. The number of anilines is 2. The van der Waals surface area contributed by atoms with Crippen LogP contribution in [0.25, 0.3) is 10.2 Å². The molecule has 0 bridgehead atoms. The number of carboxylic acids is 1. The van der Waals surface area contributed by atoms with Gasteiger partial charge in [-0.15, -0.1) is 0 Å². The second-order valence-corrected chi connectivity index (χ2v) is 13.1. The monoisotopic (exact) mass is 534 g/mol. The second-order valence-electron chi connectivity index (χ2n) is 12.1. The first-order chi connectivity index (χ1) is 18.2. The molecule has 1 aromatic carbocycles. The average Bonchev–Trinajstić information content (AvgIpc) is 3.27. The van der Waals surface area contributed by atoms with Crippen LogP contribution in [0.1, 0.15) is 62.5 Å². The molecule has 0 amide bonds. The number of hydrogen-bond donors (Lipinski definition) is 2. The number of carbonyl (C=O) groups is 1. The standard InChI is InChI=1S/C29H38N6O2S/c1-17-12-30-26(31-13-17)19(3)32-24-18(2)7-8-23-25(24)38-28(33-23)35-15-21(16-35)20-6-5-9-34(14-20)22-10-29(4,11-22)27(36)37/h7-8,12-13,19-22,32H,5-6,9-11,14-16H2,1-4H3,(H,36,37)/t19-,20+,22?,29?/m1/s1. The molecule has 6 rings (SSSR count). The van der Waals surface area contributed by atoms with Crippen molar-refractivity contribution >= 4 is 38.3 Å². The van der Waals surface area contributed by atoms with E-state index in [1.54, 1.807) is 11.3 Å². The van der Waals surface area contributed by atoms with Gasteiger partial charge in [0.05, 0.1) is 27.4 Å². The number of nitrogens with zero attached hydrogens (tertiary/aromatic N) is 5. The summed E-state index contributed by atoms with van der Waals surface area (Å²) in [6.07, 6.45) is 7.82. The normalized spacial score (nSPS) is 27.1. The van der Waals surface area contributed by atoms with Gasteiger partial charge in [-0.3, -0.25) is 4.79 Å². The Morgan fingerprint density at radius 2 is 1.89 bits per heavy atom. The van der Waals surface area contributed by atoms with Crippen molar-refractivity contribution in [3.05, 3.63) is 41.5 Å². The van der Waals surface area contributed by atoms with Gasteiger partial charge in [-0.05, 0) is 89.0 Å². The molecule has 2 saturated heterocycles. The van der Waals surface area contributed by atoms with Crippen LogP contribution in [0.5, 0.6) is 0 Å². The van der Waals surface area contributed by atoms with Crippen LogP contribution < -0.4 is 10.2 Å². The van der Waals surface area contributed by atoms with E-state index in [2.05, 4.69) is 51.1 Å². The van der Waals surface area contributed by atoms with Crippen molar-refractivity contribution in [2.24, 2.45) is 17.3 Å². The van der Waals surface area contributed by atoms with Gasteiger partial charge in [0.1, 0.15) is 5.82 Å². The lowest BCUT2D eigenvalue weighted by molar-refractivity contribution is -0.158. The number of likely N-dealkylation sites (tertiary alicyclic amines) is 1. The van der Waals surface area contributed by atoms with Gasteiger partial charge in [0, 0.05) is 38.1 Å². The second kappa shape index (κ2) is 9.75. The van der Waals surface area contributed by atoms with Crippen molar-refractivity contribution in [3.63, 3.8) is 0 Å². The number of fused-ring (bicyclic) bond motifs is 1. The molecule has 2 aromatic heterocycles. The highest BCUT2D eigenvalue weighted by Crippen LogP contribution is 2.46. The molecule has 0 unspecified atom stereocenters. The van der Waals surface area contributed by atoms with Crippen LogP contribution in [0.15, 0.2) is 24.5 Å². The maximum Gasteiger partial charge on any atom is 0.309 e. The first-order valence-electron chi connectivity index (χ1n) is 13.9. The van der Waals surface area contributed by atoms with E-state index in [-0.39, 0.29) is 6.04 Å². The van der Waals surface area contributed by atoms with Crippen LogP contribution in [0.4, 0.5) is 10.8 Å². The van der Waals surface area contributed by atoms with Crippen molar-refractivity contribution in [2.45, 2.75) is 65.5 Å². The molecule has 2 N–H and O–H groups in total. The van der Waals surface area contributed by atoms with Crippen molar-refractivity contribution in [2.75, 3.05) is 36.4 Å². The highest BCUT2D eigenvalue weighted by molar-refractivity contribution is 7.22. The predicted octanol–water partition coefficient (Wildman–Crippen LogP) is 5.28. The van der Waals surface area contributed by atoms with Gasteiger partial charge in [0.25, 0.3) is 0 Å². The van der Waals surface area contributed by atoms with Gasteiger partial charge < -0.3 is 20.2 Å². The summed E-state index contributed by atoms with van der Waals surface area (Å²) in [7, 11) is 0. The number of aryl methyl sites for hydroxylation is 2. The molecule has 8 nitrogen and oxygen atoms in total. The van der Waals surface area contributed by atoms with Crippen LogP contribution in [0.2, 0.25) is 0 Å². The lowest BCUT2D eigenvalue weighted by Gasteiger charge is -2.52. The average molecular weight is 535 g/mol. The zero-order chi connectivity index (χ0) is 26.6. The molecule has 2 atom stereocenters. The van der Waals surface area contributed by atoms with E-state index in [4.69, 9.17) is 4.98 Å². The minimum Gasteiger partial charge on any atom is -0.481 e. The zero-order valence-corrected chi connectivity index (χ0v) is 23.6. The maximum atomic E-state index is 11.5. The van der Waals surface area contributed by atoms with Gasteiger partial charge in [-0.2, -0.15) is 0 Å². The molecule has 4 heterocycles. The summed E-state index contributed by atoms with van der Waals surface area (Å²) in [4.78, 5) is 30.6. The fourth-order valence-corrected chi connectivity index (χ4v) is 7.58. The Hall–Kier alpha value is -2.78. The van der Waals surface area contributed by atoms with Crippen LogP contribution in [-0.4, -0.2) is 63.1 Å². The molecule has 0 spiro atoms. The first-order valence-corrected chi connectivity index (χ1v) is 14.7. The number of aliphatic carboxylic acids is 1. The third-order valence-corrected chi connectivity index (χ3v) is 10.2. The van der Waals surface area contributed by atoms with E-state index < -0.39 is 11.4 Å². The number of benzene rings is 1. The zero-order valence-electron chi connectivity index (χ0n) is 22.8. The van der Waals surface area contributed by atoms with Gasteiger partial charge >= 0.3 is 5.97 Å². The molecule has 0 radical (unpaired) electrons. The van der Waals surface area contributed by atoms with Gasteiger partial charge in [-0.25, -0.2) is 15.0 Å². The topological polar surface area (TPSA) is 94.5 Å². The van der Waals surface area contributed by atoms with E-state index in [1.165, 1.54) is 23.1 Å². The fourth-order valence-electron chi connectivity index (χ4n) is 6.44. The van der Waals surface area contributed by atoms with E-state index >= 15 is 0 Å². The third kappa shape index (κ3) is 4.64. The van der Waals surface area contributed by atoms with Crippen molar-refractivity contribution < 1.29 is 9.90 Å². The molecular weight excluding hydrogens is 496 g/mol. The predicted molar refractivity (Wildman–Crippen MR) is 152 cm³/mol. The van der Waals surface area contributed by atoms with Crippen molar-refractivity contribution in [1.29, 1.82) is 0 Å². The molecule has 2 aliphatic heterocycles. The Balaban J connectivity index is 1.10. The van der Waals surface area contributed by atoms with Crippen LogP contribution in [-0.2, 0) is 4.79 Å². The largest absolute Gasteiger partial charge is 0.481 e. The molecule has 1 aliphatic carbocycles. The summed E-state index contributed by atoms with van der Waals surface area (Å²) in [5, 5.41) is 14.2. The van der Waals surface area contributed by atoms with E-state index in [1.807, 2.05) is 26.2 Å². The fraction of sp³-hybridized carbons (Fsp3) is 0.586. The van der Waals surface area contributed by atoms with Gasteiger partial charge in [-0.1, -0.05) is 17.4 Å². The molecule has 9 heteroatoms. The maximum absolute atomic E-state index is 11.5. The number of hydrogen-bond acceptors (Lipinski definition) is 8. The molecule has 202 valence electrons. The number of nitrogens with one attached hydrogen (secondary N) is 1. The van der Waals surface area contributed by atoms with Gasteiger partial charge in [0.2, 0.25) is 0 Å². The Bertz CT molecular complexity index is 1330. The number of thiazole rings is 1. The van der Waals surface area contributed by atoms with Crippen LogP contribution in [0, 0.1) is 31.1 Å². The Morgan fingerprint density at radius 1 is 1.16 bits per heavy atom. The molecule has 38 heavy (non-hydrogen) atoms. The number of rotatable bonds is 7. The quantitative estimate of drug-likeness (QED) is 0.423. The summed E-state index contributed by atoms with van der Waals surface area (Å²) in [6.45, 7) is 12.5. The molecule has 1 saturated carbocycles. The number of piperidine rings is 1. The summed E-state index contributed by atoms with van der Waals surface area (Å²) in [5.74, 6) is 1.53. The van der Waals surface area contributed by atoms with E-state index in [0.717, 1.165) is 66.7 Å². The van der Waals surface area contributed by atoms with Crippen molar-refractivity contribution in [1.82, 2.24) is 19.9 Å². The Kier molecular flexibility index (Phi) is 6.54. The third-order valence-electron chi connectivity index (χ3n) is 9.04. The Morgan fingerprint density at radius 3 is 2.61 bits per heavy atom. The minimum absolute atomic E-state index is 0.00267. The summed E-state index contributed by atoms with van der Waals surface area (Å²) < 4.78 is 1.19.